The Kier molecular flexibility index (Phi) is 3.01. The first-order valence-corrected chi connectivity index (χ1v) is 7.33. The summed E-state index contributed by atoms with van der Waals surface area (Å²) in [6.07, 6.45) is 4.30. The number of carbonyl (C=O) groups excluding carboxylic acids is 1. The highest BCUT2D eigenvalue weighted by Gasteiger charge is 2.56. The van der Waals surface area contributed by atoms with Crippen molar-refractivity contribution in [3.05, 3.63) is 35.4 Å². The summed E-state index contributed by atoms with van der Waals surface area (Å²) in [5, 5.41) is 0. The van der Waals surface area contributed by atoms with Crippen molar-refractivity contribution in [2.45, 2.75) is 45.4 Å². The largest absolute Gasteiger partial charge is 0.299 e. The van der Waals surface area contributed by atoms with Crippen LogP contribution in [0.25, 0.3) is 0 Å². The van der Waals surface area contributed by atoms with Crippen molar-refractivity contribution < 1.29 is 4.79 Å². The summed E-state index contributed by atoms with van der Waals surface area (Å²) in [6.45, 7) is 4.37. The first-order chi connectivity index (χ1) is 8.72. The summed E-state index contributed by atoms with van der Waals surface area (Å²) in [4.78, 5) is 12.4. The molecule has 4 unspecified atom stereocenters. The molecule has 0 saturated heterocycles. The summed E-state index contributed by atoms with van der Waals surface area (Å²) >= 11 is 0. The van der Waals surface area contributed by atoms with Gasteiger partial charge in [0.15, 0.2) is 0 Å². The van der Waals surface area contributed by atoms with Gasteiger partial charge < -0.3 is 0 Å². The maximum Gasteiger partial charge on any atom is 0.137 e. The molecule has 0 amide bonds. The molecule has 1 nitrogen and oxygen atoms in total. The zero-order chi connectivity index (χ0) is 12.7. The number of Topliss-reactive ketones (excluding diaryl/α,β-unsaturated/α-hetero) is 1. The molecule has 96 valence electrons. The number of carbonyl (C=O) groups is 1. The average Bonchev–Trinajstić information content (AvgIpc) is 3.13. The monoisotopic (exact) mass is 242 g/mol. The molecular formula is C17H22O. The van der Waals surface area contributed by atoms with Gasteiger partial charge in [0, 0.05) is 12.3 Å². The Morgan fingerprint density at radius 3 is 2.94 bits per heavy atom. The number of rotatable bonds is 4. The average molecular weight is 242 g/mol. The van der Waals surface area contributed by atoms with E-state index < -0.39 is 0 Å². The van der Waals surface area contributed by atoms with E-state index in [9.17, 15) is 4.79 Å². The number of benzene rings is 1. The molecule has 4 atom stereocenters. The molecule has 0 N–H and O–H groups in total. The number of hydrogen-bond donors (Lipinski definition) is 0. The molecule has 0 aliphatic heterocycles. The predicted octanol–water partition coefficient (Wildman–Crippen LogP) is 3.97. The van der Waals surface area contributed by atoms with Crippen LogP contribution in [0.4, 0.5) is 0 Å². The van der Waals surface area contributed by atoms with Gasteiger partial charge in [-0.3, -0.25) is 4.79 Å². The Morgan fingerprint density at radius 1 is 1.39 bits per heavy atom. The van der Waals surface area contributed by atoms with Gasteiger partial charge in [-0.15, -0.1) is 0 Å². The molecule has 1 heteroatoms. The molecule has 0 bridgehead atoms. The predicted molar refractivity (Wildman–Crippen MR) is 73.6 cm³/mol. The highest BCUT2D eigenvalue weighted by Crippen LogP contribution is 2.60. The van der Waals surface area contributed by atoms with Crippen LogP contribution >= 0.6 is 0 Å². The summed E-state index contributed by atoms with van der Waals surface area (Å²) < 4.78 is 0. The van der Waals surface area contributed by atoms with Crippen molar-refractivity contribution in [3.63, 3.8) is 0 Å². The lowest BCUT2D eigenvalue weighted by Gasteiger charge is -2.13. The third kappa shape index (κ3) is 1.90. The summed E-state index contributed by atoms with van der Waals surface area (Å²) in [6, 6.07) is 8.72. The van der Waals surface area contributed by atoms with E-state index in [1.54, 1.807) is 0 Å². The summed E-state index contributed by atoms with van der Waals surface area (Å²) in [7, 11) is 0. The van der Waals surface area contributed by atoms with Gasteiger partial charge in [0.05, 0.1) is 0 Å². The van der Waals surface area contributed by atoms with Crippen LogP contribution < -0.4 is 0 Å². The Morgan fingerprint density at radius 2 is 2.17 bits per heavy atom. The van der Waals surface area contributed by atoms with Crippen LogP contribution in [0.3, 0.4) is 0 Å². The lowest BCUT2D eigenvalue weighted by Crippen LogP contribution is -2.08. The molecule has 1 fully saturated rings. The van der Waals surface area contributed by atoms with Gasteiger partial charge in [-0.1, -0.05) is 44.5 Å². The molecular weight excluding hydrogens is 220 g/mol. The molecule has 2 aliphatic carbocycles. The van der Waals surface area contributed by atoms with E-state index in [1.807, 2.05) is 0 Å². The van der Waals surface area contributed by atoms with Crippen LogP contribution in [0.1, 0.15) is 50.2 Å². The Bertz CT molecular complexity index is 462. The topological polar surface area (TPSA) is 17.1 Å². The molecule has 1 saturated carbocycles. The summed E-state index contributed by atoms with van der Waals surface area (Å²) in [5.41, 5.74) is 2.95. The van der Waals surface area contributed by atoms with Crippen LogP contribution in [-0.2, 0) is 11.2 Å². The maximum atomic E-state index is 12.4. The van der Waals surface area contributed by atoms with E-state index >= 15 is 0 Å². The van der Waals surface area contributed by atoms with Gasteiger partial charge in [0.2, 0.25) is 0 Å². The van der Waals surface area contributed by atoms with E-state index in [0.29, 0.717) is 29.5 Å². The Hall–Kier alpha value is -1.11. The van der Waals surface area contributed by atoms with E-state index in [-0.39, 0.29) is 0 Å². The minimum absolute atomic E-state index is 0.350. The quantitative estimate of drug-likeness (QED) is 0.781. The molecule has 0 radical (unpaired) electrons. The SMILES string of the molecule is CCC(C)CC(=O)C1C2CCc3ccccc3C21. The summed E-state index contributed by atoms with van der Waals surface area (Å²) in [5.74, 6) is 2.65. The van der Waals surface area contributed by atoms with Gasteiger partial charge in [-0.05, 0) is 41.7 Å². The third-order valence-corrected chi connectivity index (χ3v) is 4.95. The fourth-order valence-electron chi connectivity index (χ4n) is 3.63. The molecule has 0 aromatic heterocycles. The highest BCUT2D eigenvalue weighted by molar-refractivity contribution is 5.86. The first kappa shape index (κ1) is 12.0. The number of aryl methyl sites for hydroxylation is 1. The molecule has 1 aromatic rings. The number of fused-ring (bicyclic) bond motifs is 3. The van der Waals surface area contributed by atoms with Crippen molar-refractivity contribution in [2.75, 3.05) is 0 Å². The van der Waals surface area contributed by atoms with Gasteiger partial charge in [-0.2, -0.15) is 0 Å². The molecule has 0 spiro atoms. The second-order valence-electron chi connectivity index (χ2n) is 6.14. The van der Waals surface area contributed by atoms with Crippen molar-refractivity contribution in [3.8, 4) is 0 Å². The zero-order valence-electron chi connectivity index (χ0n) is 11.4. The number of hydrogen-bond acceptors (Lipinski definition) is 1. The molecule has 2 aliphatic rings. The van der Waals surface area contributed by atoms with E-state index in [2.05, 4.69) is 38.1 Å². The van der Waals surface area contributed by atoms with E-state index in [0.717, 1.165) is 12.8 Å². The minimum atomic E-state index is 0.350. The second kappa shape index (κ2) is 4.53. The van der Waals surface area contributed by atoms with Crippen LogP contribution in [-0.4, -0.2) is 5.78 Å². The zero-order valence-corrected chi connectivity index (χ0v) is 11.4. The fraction of sp³-hybridized carbons (Fsp3) is 0.588. The fourth-order valence-corrected chi connectivity index (χ4v) is 3.63. The maximum absolute atomic E-state index is 12.4. The molecule has 3 rings (SSSR count). The van der Waals surface area contributed by atoms with Crippen molar-refractivity contribution in [1.29, 1.82) is 0 Å². The molecule has 18 heavy (non-hydrogen) atoms. The molecule has 1 aromatic carbocycles. The molecule has 0 heterocycles. The lowest BCUT2D eigenvalue weighted by atomic mass is 9.92. The van der Waals surface area contributed by atoms with E-state index in [1.165, 1.54) is 24.0 Å². The van der Waals surface area contributed by atoms with Crippen molar-refractivity contribution in [1.82, 2.24) is 0 Å². The normalized spacial score (nSPS) is 30.2. The van der Waals surface area contributed by atoms with Crippen molar-refractivity contribution in [2.24, 2.45) is 17.8 Å². The van der Waals surface area contributed by atoms with Crippen LogP contribution in [0.2, 0.25) is 0 Å². The van der Waals surface area contributed by atoms with Crippen LogP contribution in [0.5, 0.6) is 0 Å². The Balaban J connectivity index is 1.75. The first-order valence-electron chi connectivity index (χ1n) is 7.33. The standard InChI is InChI=1S/C17H22O/c1-3-11(2)10-15(18)17-14-9-8-12-6-4-5-7-13(12)16(14)17/h4-7,11,14,16-17H,3,8-10H2,1-2H3. The van der Waals surface area contributed by atoms with Gasteiger partial charge in [-0.25, -0.2) is 0 Å². The van der Waals surface area contributed by atoms with Gasteiger partial charge in [0.1, 0.15) is 5.78 Å². The second-order valence-corrected chi connectivity index (χ2v) is 6.14. The number of ketones is 1. The highest BCUT2D eigenvalue weighted by atomic mass is 16.1. The van der Waals surface area contributed by atoms with Gasteiger partial charge >= 0.3 is 0 Å². The Labute approximate surface area is 110 Å². The third-order valence-electron chi connectivity index (χ3n) is 4.95. The van der Waals surface area contributed by atoms with Gasteiger partial charge in [0.25, 0.3) is 0 Å². The van der Waals surface area contributed by atoms with Crippen LogP contribution in [0, 0.1) is 17.8 Å². The van der Waals surface area contributed by atoms with Crippen LogP contribution in [0.15, 0.2) is 24.3 Å². The van der Waals surface area contributed by atoms with Crippen molar-refractivity contribution >= 4 is 5.78 Å². The minimum Gasteiger partial charge on any atom is -0.299 e. The van der Waals surface area contributed by atoms with E-state index in [4.69, 9.17) is 0 Å². The lowest BCUT2D eigenvalue weighted by molar-refractivity contribution is -0.121. The smallest absolute Gasteiger partial charge is 0.137 e.